The standard InChI is InChI=1S/C24H30N2O2/c1-18-7-6-16-26(17-18)22-13-10-20(11-14-22)19(2)25-24(27)15-12-21-8-4-5-9-23(21)28-3/h4-5,8-15,18-19H,6-7,16-17H2,1-3H3,(H,25,27)/b15-12+/t18-,19-/m0/s1. The fourth-order valence-electron chi connectivity index (χ4n) is 3.71. The van der Waals surface area contributed by atoms with Crippen LogP contribution in [0.15, 0.2) is 54.6 Å². The number of carbonyl (C=O) groups excluding carboxylic acids is 1. The average Bonchev–Trinajstić information content (AvgIpc) is 2.72. The lowest BCUT2D eigenvalue weighted by molar-refractivity contribution is -0.117. The van der Waals surface area contributed by atoms with Gasteiger partial charge in [0.15, 0.2) is 0 Å². The van der Waals surface area contributed by atoms with Crippen molar-refractivity contribution < 1.29 is 9.53 Å². The summed E-state index contributed by atoms with van der Waals surface area (Å²) in [6, 6.07) is 16.1. The molecule has 1 aliphatic rings. The van der Waals surface area contributed by atoms with Gasteiger partial charge in [0, 0.05) is 30.4 Å². The maximum Gasteiger partial charge on any atom is 0.244 e. The van der Waals surface area contributed by atoms with Crippen molar-refractivity contribution in [3.63, 3.8) is 0 Å². The first-order valence-corrected chi connectivity index (χ1v) is 10.0. The van der Waals surface area contributed by atoms with Crippen molar-refractivity contribution >= 4 is 17.7 Å². The third kappa shape index (κ3) is 5.16. The van der Waals surface area contributed by atoms with E-state index < -0.39 is 0 Å². The Labute approximate surface area is 168 Å². The zero-order chi connectivity index (χ0) is 19.9. The number of para-hydroxylation sites is 1. The number of hydrogen-bond acceptors (Lipinski definition) is 3. The molecular weight excluding hydrogens is 348 g/mol. The van der Waals surface area contributed by atoms with Crippen LogP contribution in [0.1, 0.15) is 43.9 Å². The molecule has 148 valence electrons. The predicted octanol–water partition coefficient (Wildman–Crippen LogP) is 4.82. The van der Waals surface area contributed by atoms with Gasteiger partial charge in [0.1, 0.15) is 5.75 Å². The van der Waals surface area contributed by atoms with Crippen molar-refractivity contribution in [3.8, 4) is 5.75 Å². The summed E-state index contributed by atoms with van der Waals surface area (Å²) in [5.74, 6) is 1.39. The molecule has 4 heteroatoms. The number of amides is 1. The fourth-order valence-corrected chi connectivity index (χ4v) is 3.71. The molecule has 2 aromatic carbocycles. The van der Waals surface area contributed by atoms with E-state index in [1.54, 1.807) is 19.3 Å². The Hall–Kier alpha value is -2.75. The van der Waals surface area contributed by atoms with Crippen molar-refractivity contribution in [1.82, 2.24) is 5.32 Å². The highest BCUT2D eigenvalue weighted by Crippen LogP contribution is 2.24. The number of carbonyl (C=O) groups is 1. The third-order valence-corrected chi connectivity index (χ3v) is 5.33. The lowest BCUT2D eigenvalue weighted by Gasteiger charge is -2.33. The van der Waals surface area contributed by atoms with Crippen LogP contribution in [0.5, 0.6) is 5.75 Å². The number of nitrogens with one attached hydrogen (secondary N) is 1. The molecule has 0 saturated carbocycles. The minimum Gasteiger partial charge on any atom is -0.496 e. The largest absolute Gasteiger partial charge is 0.496 e. The molecule has 0 unspecified atom stereocenters. The molecule has 1 fully saturated rings. The number of hydrogen-bond donors (Lipinski definition) is 1. The zero-order valence-corrected chi connectivity index (χ0v) is 17.0. The Bertz CT molecular complexity index is 814. The van der Waals surface area contributed by atoms with Gasteiger partial charge in [-0.2, -0.15) is 0 Å². The van der Waals surface area contributed by atoms with Gasteiger partial charge in [-0.25, -0.2) is 0 Å². The molecule has 1 saturated heterocycles. The molecule has 0 bridgehead atoms. The van der Waals surface area contributed by atoms with E-state index in [1.807, 2.05) is 31.2 Å². The summed E-state index contributed by atoms with van der Waals surface area (Å²) in [6.45, 7) is 6.58. The zero-order valence-electron chi connectivity index (χ0n) is 17.0. The number of rotatable bonds is 6. The molecule has 1 N–H and O–H groups in total. The summed E-state index contributed by atoms with van der Waals surface area (Å²) in [6.07, 6.45) is 5.91. The molecule has 0 aliphatic carbocycles. The van der Waals surface area contributed by atoms with Crippen LogP contribution >= 0.6 is 0 Å². The second-order valence-corrected chi connectivity index (χ2v) is 7.59. The predicted molar refractivity (Wildman–Crippen MR) is 116 cm³/mol. The third-order valence-electron chi connectivity index (χ3n) is 5.33. The summed E-state index contributed by atoms with van der Waals surface area (Å²) in [7, 11) is 1.63. The Balaban J connectivity index is 1.58. The number of benzene rings is 2. The van der Waals surface area contributed by atoms with Gasteiger partial charge >= 0.3 is 0 Å². The molecule has 0 radical (unpaired) electrons. The smallest absolute Gasteiger partial charge is 0.244 e. The molecule has 1 amide bonds. The summed E-state index contributed by atoms with van der Waals surface area (Å²) >= 11 is 0. The highest BCUT2D eigenvalue weighted by molar-refractivity contribution is 5.92. The van der Waals surface area contributed by atoms with E-state index in [1.165, 1.54) is 18.5 Å². The quantitative estimate of drug-likeness (QED) is 0.733. The maximum atomic E-state index is 12.3. The minimum atomic E-state index is -0.118. The van der Waals surface area contributed by atoms with Gasteiger partial charge in [0.05, 0.1) is 13.2 Å². The Morgan fingerprint density at radius 2 is 1.96 bits per heavy atom. The molecule has 0 aromatic heterocycles. The van der Waals surface area contributed by atoms with Crippen LogP contribution in [0.2, 0.25) is 0 Å². The summed E-state index contributed by atoms with van der Waals surface area (Å²) in [5.41, 5.74) is 3.26. The fraction of sp³-hybridized carbons (Fsp3) is 0.375. The van der Waals surface area contributed by atoms with Crippen LogP contribution < -0.4 is 15.0 Å². The molecule has 1 heterocycles. The van der Waals surface area contributed by atoms with Crippen molar-refractivity contribution in [3.05, 3.63) is 65.7 Å². The average molecular weight is 379 g/mol. The SMILES string of the molecule is COc1ccccc1/C=C/C(=O)N[C@@H](C)c1ccc(N2CCC[C@H](C)C2)cc1. The van der Waals surface area contributed by atoms with Crippen molar-refractivity contribution in [2.45, 2.75) is 32.7 Å². The van der Waals surface area contributed by atoms with Crippen molar-refractivity contribution in [2.24, 2.45) is 5.92 Å². The van der Waals surface area contributed by atoms with Gasteiger partial charge in [-0.3, -0.25) is 4.79 Å². The van der Waals surface area contributed by atoms with E-state index in [0.29, 0.717) is 0 Å². The van der Waals surface area contributed by atoms with E-state index in [-0.39, 0.29) is 11.9 Å². The Morgan fingerprint density at radius 1 is 1.21 bits per heavy atom. The van der Waals surface area contributed by atoms with Crippen LogP contribution in [-0.4, -0.2) is 26.1 Å². The summed E-state index contributed by atoms with van der Waals surface area (Å²) in [5, 5.41) is 3.03. The molecule has 2 atom stereocenters. The molecule has 1 aliphatic heterocycles. The first-order chi connectivity index (χ1) is 13.6. The van der Waals surface area contributed by atoms with Gasteiger partial charge in [-0.15, -0.1) is 0 Å². The monoisotopic (exact) mass is 378 g/mol. The lowest BCUT2D eigenvalue weighted by Crippen LogP contribution is -2.34. The summed E-state index contributed by atoms with van der Waals surface area (Å²) in [4.78, 5) is 14.8. The topological polar surface area (TPSA) is 41.6 Å². The van der Waals surface area contributed by atoms with Crippen LogP contribution in [0.4, 0.5) is 5.69 Å². The molecule has 2 aromatic rings. The van der Waals surface area contributed by atoms with Gasteiger partial charge in [0.2, 0.25) is 5.91 Å². The van der Waals surface area contributed by atoms with Crippen LogP contribution in [0.25, 0.3) is 6.08 Å². The van der Waals surface area contributed by atoms with Gasteiger partial charge in [-0.1, -0.05) is 37.3 Å². The number of ether oxygens (including phenoxy) is 1. The first-order valence-electron chi connectivity index (χ1n) is 10.0. The molecular formula is C24H30N2O2. The first kappa shape index (κ1) is 20.0. The van der Waals surface area contributed by atoms with E-state index in [4.69, 9.17) is 4.74 Å². The van der Waals surface area contributed by atoms with Crippen molar-refractivity contribution in [2.75, 3.05) is 25.1 Å². The molecule has 4 nitrogen and oxygen atoms in total. The van der Waals surface area contributed by atoms with Crippen LogP contribution in [-0.2, 0) is 4.79 Å². The Morgan fingerprint density at radius 3 is 2.68 bits per heavy atom. The van der Waals surface area contributed by atoms with E-state index >= 15 is 0 Å². The van der Waals surface area contributed by atoms with E-state index in [2.05, 4.69) is 41.4 Å². The number of methoxy groups -OCH3 is 1. The molecule has 28 heavy (non-hydrogen) atoms. The Kier molecular flexibility index (Phi) is 6.75. The van der Waals surface area contributed by atoms with E-state index in [9.17, 15) is 4.79 Å². The maximum absolute atomic E-state index is 12.3. The number of anilines is 1. The number of piperidine rings is 1. The molecule has 0 spiro atoms. The van der Waals surface area contributed by atoms with Crippen LogP contribution in [0.3, 0.4) is 0 Å². The summed E-state index contributed by atoms with van der Waals surface area (Å²) < 4.78 is 5.31. The van der Waals surface area contributed by atoms with Gasteiger partial charge in [0.25, 0.3) is 0 Å². The van der Waals surface area contributed by atoms with Gasteiger partial charge < -0.3 is 15.0 Å². The normalized spacial score (nSPS) is 18.1. The second-order valence-electron chi connectivity index (χ2n) is 7.59. The second kappa shape index (κ2) is 9.45. The van der Waals surface area contributed by atoms with E-state index in [0.717, 1.165) is 35.9 Å². The minimum absolute atomic E-state index is 0.0517. The lowest BCUT2D eigenvalue weighted by atomic mass is 9.99. The number of nitrogens with zero attached hydrogens (tertiary/aromatic N) is 1. The van der Waals surface area contributed by atoms with Crippen molar-refractivity contribution in [1.29, 1.82) is 0 Å². The highest BCUT2D eigenvalue weighted by Gasteiger charge is 2.17. The highest BCUT2D eigenvalue weighted by atomic mass is 16.5. The van der Waals surface area contributed by atoms with Gasteiger partial charge in [-0.05, 0) is 55.5 Å². The van der Waals surface area contributed by atoms with Crippen LogP contribution in [0, 0.1) is 5.92 Å². The molecule has 3 rings (SSSR count).